The van der Waals surface area contributed by atoms with Gasteiger partial charge in [0.1, 0.15) is 29.0 Å². The number of carbonyl (C=O) groups excluding carboxylic acids is 2. The van der Waals surface area contributed by atoms with Gasteiger partial charge in [0.05, 0.1) is 24.4 Å². The Balaban J connectivity index is 1.98. The van der Waals surface area contributed by atoms with E-state index < -0.39 is 46.6 Å². The van der Waals surface area contributed by atoms with Gasteiger partial charge in [-0.1, -0.05) is 24.3 Å². The van der Waals surface area contributed by atoms with Crippen molar-refractivity contribution >= 4 is 23.1 Å². The van der Waals surface area contributed by atoms with Gasteiger partial charge in [-0.3, -0.25) is 14.5 Å². The molecule has 0 saturated carbocycles. The van der Waals surface area contributed by atoms with Crippen LogP contribution in [0.2, 0.25) is 0 Å². The van der Waals surface area contributed by atoms with Gasteiger partial charge in [0, 0.05) is 11.6 Å². The van der Waals surface area contributed by atoms with E-state index in [0.717, 1.165) is 35.2 Å². The number of amides is 1. The smallest absolute Gasteiger partial charge is 0.300 e. The van der Waals surface area contributed by atoms with E-state index in [0.29, 0.717) is 5.75 Å². The van der Waals surface area contributed by atoms with Crippen LogP contribution in [0.25, 0.3) is 5.76 Å². The molecule has 5 nitrogen and oxygen atoms in total. The van der Waals surface area contributed by atoms with Gasteiger partial charge >= 0.3 is 0 Å². The molecule has 0 spiro atoms. The summed E-state index contributed by atoms with van der Waals surface area (Å²) in [7, 11) is 1.42. The lowest BCUT2D eigenvalue weighted by atomic mass is 9.95. The Labute approximate surface area is 181 Å². The zero-order valence-corrected chi connectivity index (χ0v) is 16.7. The molecule has 1 aliphatic rings. The number of ether oxygens (including phenoxy) is 1. The van der Waals surface area contributed by atoms with E-state index in [2.05, 4.69) is 0 Å². The molecule has 1 atom stereocenters. The van der Waals surface area contributed by atoms with E-state index in [9.17, 15) is 27.9 Å². The second kappa shape index (κ2) is 8.22. The van der Waals surface area contributed by atoms with Crippen LogP contribution < -0.4 is 9.64 Å². The van der Waals surface area contributed by atoms with Crippen molar-refractivity contribution in [2.24, 2.45) is 0 Å². The Kier molecular flexibility index (Phi) is 5.44. The largest absolute Gasteiger partial charge is 0.507 e. The molecule has 3 aromatic rings. The van der Waals surface area contributed by atoms with Crippen LogP contribution in [0.15, 0.2) is 72.3 Å². The number of rotatable bonds is 4. The number of hydrogen-bond acceptors (Lipinski definition) is 4. The van der Waals surface area contributed by atoms with Crippen molar-refractivity contribution in [1.29, 1.82) is 0 Å². The van der Waals surface area contributed by atoms with E-state index in [1.54, 1.807) is 12.1 Å². The zero-order chi connectivity index (χ0) is 23.0. The Hall–Kier alpha value is -4.07. The molecule has 1 amide bonds. The first-order valence-electron chi connectivity index (χ1n) is 9.47. The van der Waals surface area contributed by atoms with Crippen LogP contribution in [-0.2, 0) is 9.59 Å². The second-order valence-corrected chi connectivity index (χ2v) is 7.05. The number of methoxy groups -OCH3 is 1. The molecule has 3 aromatic carbocycles. The van der Waals surface area contributed by atoms with Crippen molar-refractivity contribution in [2.45, 2.75) is 6.04 Å². The Morgan fingerprint density at radius 2 is 1.62 bits per heavy atom. The maximum absolute atomic E-state index is 14.6. The molecule has 0 radical (unpaired) electrons. The van der Waals surface area contributed by atoms with Gasteiger partial charge in [-0.2, -0.15) is 0 Å². The highest BCUT2D eigenvalue weighted by Crippen LogP contribution is 2.43. The second-order valence-electron chi connectivity index (χ2n) is 7.05. The van der Waals surface area contributed by atoms with Gasteiger partial charge < -0.3 is 9.84 Å². The molecule has 1 aliphatic heterocycles. The molecule has 0 aromatic heterocycles. The van der Waals surface area contributed by atoms with E-state index >= 15 is 0 Å². The van der Waals surface area contributed by atoms with Crippen LogP contribution in [0, 0.1) is 17.5 Å². The number of nitrogens with zero attached hydrogens (tertiary/aromatic N) is 1. The Bertz CT molecular complexity index is 1250. The number of halogens is 3. The first-order chi connectivity index (χ1) is 15.3. The average molecular weight is 439 g/mol. The van der Waals surface area contributed by atoms with Gasteiger partial charge in [0.25, 0.3) is 11.7 Å². The van der Waals surface area contributed by atoms with Crippen LogP contribution in [-0.4, -0.2) is 23.9 Å². The quantitative estimate of drug-likeness (QED) is 0.362. The van der Waals surface area contributed by atoms with Crippen LogP contribution in [0.1, 0.15) is 17.2 Å². The summed E-state index contributed by atoms with van der Waals surface area (Å²) in [4.78, 5) is 26.7. The molecule has 4 rings (SSSR count). The summed E-state index contributed by atoms with van der Waals surface area (Å²) in [5.41, 5.74) is -0.433. The minimum Gasteiger partial charge on any atom is -0.507 e. The van der Waals surface area contributed by atoms with Crippen LogP contribution >= 0.6 is 0 Å². The summed E-state index contributed by atoms with van der Waals surface area (Å²) >= 11 is 0. The third-order valence-electron chi connectivity index (χ3n) is 5.14. The van der Waals surface area contributed by atoms with E-state index in [-0.39, 0.29) is 16.7 Å². The van der Waals surface area contributed by atoms with Crippen molar-refractivity contribution < 1.29 is 32.6 Å². The maximum atomic E-state index is 14.6. The van der Waals surface area contributed by atoms with Gasteiger partial charge in [-0.15, -0.1) is 0 Å². The standard InChI is InChI=1S/C24H16F3NO4/c1-32-17-4-2-3-14(11-17)22(29)20-21(13-5-7-15(25)8-6-13)28(24(31)23(20)30)19-12-16(26)9-10-18(19)27/h2-12,21,29H,1H3/b22-20+. The van der Waals surface area contributed by atoms with Crippen molar-refractivity contribution in [1.82, 2.24) is 0 Å². The molecule has 162 valence electrons. The van der Waals surface area contributed by atoms with Crippen molar-refractivity contribution in [3.8, 4) is 5.75 Å². The highest BCUT2D eigenvalue weighted by atomic mass is 19.1. The molecule has 1 fully saturated rings. The number of aliphatic hydroxyl groups excluding tert-OH is 1. The van der Waals surface area contributed by atoms with Crippen molar-refractivity contribution in [3.63, 3.8) is 0 Å². The van der Waals surface area contributed by atoms with E-state index in [4.69, 9.17) is 4.74 Å². The minimum absolute atomic E-state index is 0.175. The molecular weight excluding hydrogens is 423 g/mol. The fraction of sp³-hybridized carbons (Fsp3) is 0.0833. The van der Waals surface area contributed by atoms with Gasteiger partial charge in [-0.25, -0.2) is 13.2 Å². The molecule has 0 aliphatic carbocycles. The number of Topliss-reactive ketones (excluding diaryl/α,β-unsaturated/α-hetero) is 1. The van der Waals surface area contributed by atoms with Gasteiger partial charge in [-0.05, 0) is 42.0 Å². The van der Waals surface area contributed by atoms with E-state index in [1.807, 2.05) is 0 Å². The highest BCUT2D eigenvalue weighted by molar-refractivity contribution is 6.51. The Morgan fingerprint density at radius 1 is 0.938 bits per heavy atom. The summed E-state index contributed by atoms with van der Waals surface area (Å²) in [5, 5.41) is 11.0. The highest BCUT2D eigenvalue weighted by Gasteiger charge is 2.47. The van der Waals surface area contributed by atoms with Crippen molar-refractivity contribution in [3.05, 3.63) is 101 Å². The van der Waals surface area contributed by atoms with Gasteiger partial charge in [0.15, 0.2) is 0 Å². The molecule has 1 heterocycles. The lowest BCUT2D eigenvalue weighted by molar-refractivity contribution is -0.132. The summed E-state index contributed by atoms with van der Waals surface area (Å²) in [6, 6.07) is 12.1. The van der Waals surface area contributed by atoms with Crippen LogP contribution in [0.3, 0.4) is 0 Å². The summed E-state index contributed by atoms with van der Waals surface area (Å²) in [6.45, 7) is 0. The molecule has 32 heavy (non-hydrogen) atoms. The molecule has 1 N–H and O–H groups in total. The normalized spacial score (nSPS) is 17.6. The summed E-state index contributed by atoms with van der Waals surface area (Å²) < 4.78 is 47.2. The first kappa shape index (κ1) is 21.2. The number of aliphatic hydroxyl groups is 1. The monoisotopic (exact) mass is 439 g/mol. The number of hydrogen-bond donors (Lipinski definition) is 1. The number of anilines is 1. The maximum Gasteiger partial charge on any atom is 0.300 e. The summed E-state index contributed by atoms with van der Waals surface area (Å²) in [6.07, 6.45) is 0. The number of ketones is 1. The van der Waals surface area contributed by atoms with Gasteiger partial charge in [0.2, 0.25) is 0 Å². The first-order valence-corrected chi connectivity index (χ1v) is 9.47. The third kappa shape index (κ3) is 3.60. The average Bonchev–Trinajstić information content (AvgIpc) is 3.06. The predicted octanol–water partition coefficient (Wildman–Crippen LogP) is 4.74. The number of carbonyl (C=O) groups is 2. The SMILES string of the molecule is COc1cccc(/C(O)=C2\C(=O)C(=O)N(c3cc(F)ccc3F)C2c2ccc(F)cc2)c1. The van der Waals surface area contributed by atoms with Crippen LogP contribution in [0.5, 0.6) is 5.75 Å². The zero-order valence-electron chi connectivity index (χ0n) is 16.7. The topological polar surface area (TPSA) is 66.8 Å². The molecular formula is C24H16F3NO4. The fourth-order valence-electron chi connectivity index (χ4n) is 3.64. The third-order valence-corrected chi connectivity index (χ3v) is 5.14. The minimum atomic E-state index is -1.32. The Morgan fingerprint density at radius 3 is 2.31 bits per heavy atom. The molecule has 8 heteroatoms. The van der Waals surface area contributed by atoms with Crippen LogP contribution in [0.4, 0.5) is 18.9 Å². The molecule has 0 bridgehead atoms. The van der Waals surface area contributed by atoms with Crippen molar-refractivity contribution in [2.75, 3.05) is 12.0 Å². The predicted molar refractivity (Wildman–Crippen MR) is 111 cm³/mol. The number of benzene rings is 3. The molecule has 1 unspecified atom stereocenters. The fourth-order valence-corrected chi connectivity index (χ4v) is 3.64. The lowest BCUT2D eigenvalue weighted by Gasteiger charge is -2.25. The molecule has 1 saturated heterocycles. The lowest BCUT2D eigenvalue weighted by Crippen LogP contribution is -2.30. The van der Waals surface area contributed by atoms with E-state index in [1.165, 1.54) is 31.4 Å². The summed E-state index contributed by atoms with van der Waals surface area (Å²) in [5.74, 6) is -4.74.